The molecule has 2 aromatic carbocycles. The van der Waals surface area contributed by atoms with Gasteiger partial charge in [-0.15, -0.1) is 0 Å². The van der Waals surface area contributed by atoms with Crippen LogP contribution in [0, 0.1) is 12.7 Å². The lowest BCUT2D eigenvalue weighted by Gasteiger charge is -2.08. The van der Waals surface area contributed by atoms with Crippen molar-refractivity contribution in [1.29, 1.82) is 0 Å². The van der Waals surface area contributed by atoms with Gasteiger partial charge >= 0.3 is 0 Å². The summed E-state index contributed by atoms with van der Waals surface area (Å²) in [6.07, 6.45) is 0. The van der Waals surface area contributed by atoms with Gasteiger partial charge in [0, 0.05) is 5.69 Å². The summed E-state index contributed by atoms with van der Waals surface area (Å²) in [6, 6.07) is 11.1. The maximum atomic E-state index is 14.2. The standard InChI is InChI=1S/C18H14ClFN2O3/c1-10-15(18(23)21-11-6-8-12(24-2)9-7-11)17(22-25-10)16-13(19)4-3-5-14(16)20/h3-9H,1-2H3,(H,21,23). The summed E-state index contributed by atoms with van der Waals surface area (Å²) >= 11 is 6.08. The molecule has 7 heteroatoms. The highest BCUT2D eigenvalue weighted by Crippen LogP contribution is 2.33. The van der Waals surface area contributed by atoms with Crippen LogP contribution in [0.2, 0.25) is 5.02 Å². The summed E-state index contributed by atoms with van der Waals surface area (Å²) in [6.45, 7) is 1.58. The molecule has 3 rings (SSSR count). The fourth-order valence-electron chi connectivity index (χ4n) is 2.40. The molecule has 128 valence electrons. The first-order valence-electron chi connectivity index (χ1n) is 7.37. The van der Waals surface area contributed by atoms with E-state index >= 15 is 0 Å². The number of halogens is 2. The third-order valence-corrected chi connectivity index (χ3v) is 3.95. The van der Waals surface area contributed by atoms with Gasteiger partial charge < -0.3 is 14.6 Å². The Labute approximate surface area is 148 Å². The molecule has 25 heavy (non-hydrogen) atoms. The number of ether oxygens (including phenoxy) is 1. The molecule has 0 bridgehead atoms. The molecule has 0 aliphatic heterocycles. The van der Waals surface area contributed by atoms with Crippen molar-refractivity contribution in [1.82, 2.24) is 5.16 Å². The number of carbonyl (C=O) groups is 1. The van der Waals surface area contributed by atoms with Crippen molar-refractivity contribution < 1.29 is 18.4 Å². The SMILES string of the molecule is COc1ccc(NC(=O)c2c(-c3c(F)cccc3Cl)noc2C)cc1. The van der Waals surface area contributed by atoms with Crippen molar-refractivity contribution in [2.75, 3.05) is 12.4 Å². The van der Waals surface area contributed by atoms with Gasteiger partial charge in [-0.1, -0.05) is 22.8 Å². The lowest BCUT2D eigenvalue weighted by molar-refractivity contribution is 0.102. The van der Waals surface area contributed by atoms with Gasteiger partial charge in [0.15, 0.2) is 0 Å². The van der Waals surface area contributed by atoms with E-state index in [1.54, 1.807) is 38.3 Å². The summed E-state index contributed by atoms with van der Waals surface area (Å²) in [5.41, 5.74) is 0.771. The Morgan fingerprint density at radius 3 is 2.60 bits per heavy atom. The molecule has 0 radical (unpaired) electrons. The Hall–Kier alpha value is -2.86. The fourth-order valence-corrected chi connectivity index (χ4v) is 2.65. The van der Waals surface area contributed by atoms with Crippen LogP contribution >= 0.6 is 11.6 Å². The van der Waals surface area contributed by atoms with Crippen LogP contribution in [0.4, 0.5) is 10.1 Å². The number of aryl methyl sites for hydroxylation is 1. The number of methoxy groups -OCH3 is 1. The molecule has 3 aromatic rings. The largest absolute Gasteiger partial charge is 0.497 e. The molecule has 0 saturated heterocycles. The van der Waals surface area contributed by atoms with Crippen molar-refractivity contribution in [2.24, 2.45) is 0 Å². The molecule has 1 amide bonds. The van der Waals surface area contributed by atoms with Gasteiger partial charge in [-0.05, 0) is 43.3 Å². The maximum absolute atomic E-state index is 14.2. The molecule has 0 aliphatic carbocycles. The van der Waals surface area contributed by atoms with E-state index in [1.807, 2.05) is 0 Å². The zero-order valence-corrected chi connectivity index (χ0v) is 14.2. The summed E-state index contributed by atoms with van der Waals surface area (Å²) in [7, 11) is 1.55. The van der Waals surface area contributed by atoms with Crippen LogP contribution in [0.15, 0.2) is 47.0 Å². The molecule has 0 fully saturated rings. The maximum Gasteiger partial charge on any atom is 0.261 e. The quantitative estimate of drug-likeness (QED) is 0.732. The molecule has 0 spiro atoms. The van der Waals surface area contributed by atoms with Gasteiger partial charge in [0.25, 0.3) is 5.91 Å². The second kappa shape index (κ2) is 6.94. The van der Waals surface area contributed by atoms with Crippen LogP contribution in [0.25, 0.3) is 11.3 Å². The number of amides is 1. The van der Waals surface area contributed by atoms with E-state index in [0.29, 0.717) is 11.4 Å². The summed E-state index contributed by atoms with van der Waals surface area (Å²) in [5, 5.41) is 6.69. The summed E-state index contributed by atoms with van der Waals surface area (Å²) in [4.78, 5) is 12.7. The second-order valence-electron chi connectivity index (χ2n) is 5.24. The number of rotatable bonds is 4. The normalized spacial score (nSPS) is 10.6. The van der Waals surface area contributed by atoms with Crippen molar-refractivity contribution in [3.8, 4) is 17.0 Å². The third-order valence-electron chi connectivity index (χ3n) is 3.64. The van der Waals surface area contributed by atoms with Crippen molar-refractivity contribution in [3.05, 3.63) is 64.6 Å². The molecule has 0 atom stereocenters. The number of nitrogens with zero attached hydrogens (tertiary/aromatic N) is 1. The van der Waals surface area contributed by atoms with E-state index in [1.165, 1.54) is 18.2 Å². The average molecular weight is 361 g/mol. The van der Waals surface area contributed by atoms with E-state index in [2.05, 4.69) is 10.5 Å². The third kappa shape index (κ3) is 3.34. The Morgan fingerprint density at radius 2 is 1.96 bits per heavy atom. The van der Waals surface area contributed by atoms with Crippen molar-refractivity contribution >= 4 is 23.2 Å². The molecule has 5 nitrogen and oxygen atoms in total. The number of carbonyl (C=O) groups excluding carboxylic acids is 1. The minimum atomic E-state index is -0.584. The van der Waals surface area contributed by atoms with Crippen LogP contribution < -0.4 is 10.1 Å². The van der Waals surface area contributed by atoms with Gasteiger partial charge in [-0.3, -0.25) is 4.79 Å². The molecule has 1 aromatic heterocycles. The Balaban J connectivity index is 1.97. The molecular formula is C18H14ClFN2O3. The van der Waals surface area contributed by atoms with E-state index in [9.17, 15) is 9.18 Å². The number of anilines is 1. The number of benzene rings is 2. The summed E-state index contributed by atoms with van der Waals surface area (Å²) in [5.74, 6) is -0.129. The predicted octanol–water partition coefficient (Wildman–Crippen LogP) is 4.70. The van der Waals surface area contributed by atoms with Gasteiger partial charge in [0.05, 0.1) is 17.7 Å². The van der Waals surface area contributed by atoms with Crippen LogP contribution in [-0.2, 0) is 0 Å². The van der Waals surface area contributed by atoms with E-state index in [4.69, 9.17) is 20.9 Å². The van der Waals surface area contributed by atoms with Gasteiger partial charge in [-0.2, -0.15) is 0 Å². The Bertz CT molecular complexity index is 902. The first-order valence-corrected chi connectivity index (χ1v) is 7.75. The minimum absolute atomic E-state index is 0.0286. The molecule has 0 saturated carbocycles. The minimum Gasteiger partial charge on any atom is -0.497 e. The zero-order chi connectivity index (χ0) is 18.0. The Kier molecular flexibility index (Phi) is 4.72. The fraction of sp³-hybridized carbons (Fsp3) is 0.111. The van der Waals surface area contributed by atoms with Crippen LogP contribution in [-0.4, -0.2) is 18.2 Å². The van der Waals surface area contributed by atoms with E-state index < -0.39 is 11.7 Å². The summed E-state index contributed by atoms with van der Waals surface area (Å²) < 4.78 is 24.4. The number of aromatic nitrogens is 1. The van der Waals surface area contributed by atoms with Crippen LogP contribution in [0.1, 0.15) is 16.1 Å². The number of nitrogens with one attached hydrogen (secondary N) is 1. The molecular weight excluding hydrogens is 347 g/mol. The lowest BCUT2D eigenvalue weighted by atomic mass is 10.0. The van der Waals surface area contributed by atoms with Crippen LogP contribution in [0.5, 0.6) is 5.75 Å². The first-order chi connectivity index (χ1) is 12.0. The van der Waals surface area contributed by atoms with Crippen molar-refractivity contribution in [3.63, 3.8) is 0 Å². The highest BCUT2D eigenvalue weighted by atomic mass is 35.5. The molecule has 0 unspecified atom stereocenters. The molecule has 0 aliphatic rings. The highest BCUT2D eigenvalue weighted by molar-refractivity contribution is 6.33. The molecule has 1 N–H and O–H groups in total. The average Bonchev–Trinajstić information content (AvgIpc) is 2.97. The van der Waals surface area contributed by atoms with Crippen LogP contribution in [0.3, 0.4) is 0 Å². The number of hydrogen-bond acceptors (Lipinski definition) is 4. The second-order valence-corrected chi connectivity index (χ2v) is 5.65. The smallest absolute Gasteiger partial charge is 0.261 e. The first kappa shape index (κ1) is 17.0. The monoisotopic (exact) mass is 360 g/mol. The van der Waals surface area contributed by atoms with Crippen molar-refractivity contribution in [2.45, 2.75) is 6.92 Å². The zero-order valence-electron chi connectivity index (χ0n) is 13.5. The molecule has 1 heterocycles. The number of hydrogen-bond donors (Lipinski definition) is 1. The Morgan fingerprint density at radius 1 is 1.24 bits per heavy atom. The lowest BCUT2D eigenvalue weighted by Crippen LogP contribution is -2.13. The topological polar surface area (TPSA) is 64.4 Å². The van der Waals surface area contributed by atoms with E-state index in [-0.39, 0.29) is 27.6 Å². The van der Waals surface area contributed by atoms with E-state index in [0.717, 1.165) is 0 Å². The predicted molar refractivity (Wildman–Crippen MR) is 92.6 cm³/mol. The van der Waals surface area contributed by atoms with Gasteiger partial charge in [-0.25, -0.2) is 4.39 Å². The highest BCUT2D eigenvalue weighted by Gasteiger charge is 2.25. The van der Waals surface area contributed by atoms with Gasteiger partial charge in [0.1, 0.15) is 28.6 Å². The van der Waals surface area contributed by atoms with Gasteiger partial charge in [0.2, 0.25) is 0 Å².